The molecule has 0 atom stereocenters. The van der Waals surface area contributed by atoms with E-state index in [0.717, 1.165) is 17.5 Å². The maximum Gasteiger partial charge on any atom is 0.222 e. The van der Waals surface area contributed by atoms with Crippen LogP contribution in [0.5, 0.6) is 11.6 Å². The number of halogens is 2. The Balaban J connectivity index is 2.23. The summed E-state index contributed by atoms with van der Waals surface area (Å²) in [6, 6.07) is 5.94. The molecule has 0 spiro atoms. The monoisotopic (exact) mass is 280 g/mol. The predicted octanol–water partition coefficient (Wildman–Crippen LogP) is 3.48. The van der Waals surface area contributed by atoms with Crippen LogP contribution >= 0.6 is 11.6 Å². The molecule has 5 heteroatoms. The molecule has 2 N–H and O–H groups in total. The van der Waals surface area contributed by atoms with Crippen molar-refractivity contribution in [1.29, 1.82) is 0 Å². The number of benzene rings is 1. The van der Waals surface area contributed by atoms with Crippen LogP contribution in [-0.2, 0) is 6.42 Å². The minimum Gasteiger partial charge on any atom is -0.437 e. The Morgan fingerprint density at radius 2 is 2.16 bits per heavy atom. The fraction of sp³-hybridized carbons (Fsp3) is 0.214. The number of aryl methyl sites for hydroxylation is 1. The molecule has 0 unspecified atom stereocenters. The lowest BCUT2D eigenvalue weighted by molar-refractivity contribution is 0.457. The smallest absolute Gasteiger partial charge is 0.222 e. The number of hydrogen-bond acceptors (Lipinski definition) is 3. The summed E-state index contributed by atoms with van der Waals surface area (Å²) in [5, 5.41) is 0.215. The SMILES string of the molecule is Cc1cc(CCN)cnc1Oc1ccc(F)cc1Cl. The maximum atomic E-state index is 12.9. The summed E-state index contributed by atoms with van der Waals surface area (Å²) in [6.07, 6.45) is 2.48. The van der Waals surface area contributed by atoms with Gasteiger partial charge in [0.15, 0.2) is 0 Å². The summed E-state index contributed by atoms with van der Waals surface area (Å²) in [7, 11) is 0. The van der Waals surface area contributed by atoms with Gasteiger partial charge in [0.2, 0.25) is 5.88 Å². The molecule has 1 aromatic heterocycles. The lowest BCUT2D eigenvalue weighted by Gasteiger charge is -2.10. The second kappa shape index (κ2) is 5.99. The van der Waals surface area contributed by atoms with Gasteiger partial charge in [0, 0.05) is 11.8 Å². The van der Waals surface area contributed by atoms with E-state index in [4.69, 9.17) is 22.1 Å². The van der Waals surface area contributed by atoms with Crippen molar-refractivity contribution in [1.82, 2.24) is 4.98 Å². The molecular weight excluding hydrogens is 267 g/mol. The van der Waals surface area contributed by atoms with E-state index < -0.39 is 5.82 Å². The summed E-state index contributed by atoms with van der Waals surface area (Å²) >= 11 is 5.90. The van der Waals surface area contributed by atoms with Crippen molar-refractivity contribution >= 4 is 11.6 Å². The number of pyridine rings is 1. The number of hydrogen-bond donors (Lipinski definition) is 1. The van der Waals surface area contributed by atoms with E-state index in [1.165, 1.54) is 18.2 Å². The zero-order chi connectivity index (χ0) is 13.8. The average Bonchev–Trinajstić information content (AvgIpc) is 2.36. The van der Waals surface area contributed by atoms with Gasteiger partial charge < -0.3 is 10.5 Å². The van der Waals surface area contributed by atoms with Gasteiger partial charge in [0.05, 0.1) is 5.02 Å². The Kier molecular flexibility index (Phi) is 4.35. The molecule has 3 nitrogen and oxygen atoms in total. The maximum absolute atomic E-state index is 12.9. The first-order valence-corrected chi connectivity index (χ1v) is 6.26. The van der Waals surface area contributed by atoms with Crippen LogP contribution in [0, 0.1) is 12.7 Å². The number of rotatable bonds is 4. The summed E-state index contributed by atoms with van der Waals surface area (Å²) in [5.41, 5.74) is 7.43. The van der Waals surface area contributed by atoms with Gasteiger partial charge >= 0.3 is 0 Å². The molecule has 0 bridgehead atoms. The fourth-order valence-corrected chi connectivity index (χ4v) is 1.90. The second-order valence-corrected chi connectivity index (χ2v) is 4.59. The van der Waals surface area contributed by atoms with Crippen molar-refractivity contribution in [3.8, 4) is 11.6 Å². The first-order chi connectivity index (χ1) is 9.10. The summed E-state index contributed by atoms with van der Waals surface area (Å²) in [6.45, 7) is 2.46. The molecule has 2 rings (SSSR count). The highest BCUT2D eigenvalue weighted by Gasteiger charge is 2.08. The molecule has 19 heavy (non-hydrogen) atoms. The van der Waals surface area contributed by atoms with E-state index in [0.29, 0.717) is 18.2 Å². The lowest BCUT2D eigenvalue weighted by Crippen LogP contribution is -2.03. The summed E-state index contributed by atoms with van der Waals surface area (Å²) in [5.74, 6) is 0.430. The summed E-state index contributed by atoms with van der Waals surface area (Å²) < 4.78 is 18.5. The largest absolute Gasteiger partial charge is 0.437 e. The first kappa shape index (κ1) is 13.8. The van der Waals surface area contributed by atoms with Crippen LogP contribution in [0.1, 0.15) is 11.1 Å². The Bertz CT molecular complexity index is 590. The van der Waals surface area contributed by atoms with E-state index >= 15 is 0 Å². The summed E-state index contributed by atoms with van der Waals surface area (Å²) in [4.78, 5) is 4.23. The van der Waals surface area contributed by atoms with E-state index in [9.17, 15) is 4.39 Å². The van der Waals surface area contributed by atoms with Gasteiger partial charge in [0.1, 0.15) is 11.6 Å². The number of nitrogens with zero attached hydrogens (tertiary/aromatic N) is 1. The fourth-order valence-electron chi connectivity index (χ4n) is 1.69. The van der Waals surface area contributed by atoms with Gasteiger partial charge in [-0.3, -0.25) is 0 Å². The minimum absolute atomic E-state index is 0.215. The molecule has 0 amide bonds. The van der Waals surface area contributed by atoms with Gasteiger partial charge in [-0.1, -0.05) is 11.6 Å². The van der Waals surface area contributed by atoms with E-state index in [1.54, 1.807) is 6.20 Å². The lowest BCUT2D eigenvalue weighted by atomic mass is 10.1. The first-order valence-electron chi connectivity index (χ1n) is 5.88. The highest BCUT2D eigenvalue weighted by molar-refractivity contribution is 6.32. The average molecular weight is 281 g/mol. The van der Waals surface area contributed by atoms with E-state index in [-0.39, 0.29) is 5.02 Å². The molecule has 100 valence electrons. The van der Waals surface area contributed by atoms with Gasteiger partial charge in [-0.05, 0) is 49.7 Å². The zero-order valence-corrected chi connectivity index (χ0v) is 11.2. The topological polar surface area (TPSA) is 48.1 Å². The van der Waals surface area contributed by atoms with Gasteiger partial charge in [-0.2, -0.15) is 0 Å². The van der Waals surface area contributed by atoms with Crippen molar-refractivity contribution in [2.75, 3.05) is 6.54 Å². The molecular formula is C14H14ClFN2O. The van der Waals surface area contributed by atoms with Crippen LogP contribution in [-0.4, -0.2) is 11.5 Å². The van der Waals surface area contributed by atoms with Crippen LogP contribution in [0.4, 0.5) is 4.39 Å². The molecule has 2 aromatic rings. The molecule has 0 saturated heterocycles. The molecule has 1 heterocycles. The molecule has 1 aromatic carbocycles. The third-order valence-corrected chi connectivity index (χ3v) is 2.92. The number of nitrogens with two attached hydrogens (primary N) is 1. The number of aromatic nitrogens is 1. The van der Waals surface area contributed by atoms with Crippen LogP contribution in [0.15, 0.2) is 30.5 Å². The third-order valence-electron chi connectivity index (χ3n) is 2.62. The van der Waals surface area contributed by atoms with Crippen molar-refractivity contribution in [3.05, 3.63) is 52.4 Å². The van der Waals surface area contributed by atoms with Crippen LogP contribution in [0.3, 0.4) is 0 Å². The van der Waals surface area contributed by atoms with E-state index in [1.807, 2.05) is 13.0 Å². The van der Waals surface area contributed by atoms with Crippen molar-refractivity contribution in [3.63, 3.8) is 0 Å². The second-order valence-electron chi connectivity index (χ2n) is 4.18. The van der Waals surface area contributed by atoms with Crippen molar-refractivity contribution in [2.45, 2.75) is 13.3 Å². The third kappa shape index (κ3) is 3.43. The molecule has 0 aliphatic heterocycles. The van der Waals surface area contributed by atoms with E-state index in [2.05, 4.69) is 4.98 Å². The standard InChI is InChI=1S/C14H14ClFN2O/c1-9-6-10(4-5-17)8-18-14(9)19-13-3-2-11(16)7-12(13)15/h2-3,6-8H,4-5,17H2,1H3. The quantitative estimate of drug-likeness (QED) is 0.933. The Hall–Kier alpha value is -1.65. The van der Waals surface area contributed by atoms with Crippen LogP contribution in [0.2, 0.25) is 5.02 Å². The van der Waals surface area contributed by atoms with Gasteiger partial charge in [-0.15, -0.1) is 0 Å². The van der Waals surface area contributed by atoms with Crippen LogP contribution in [0.25, 0.3) is 0 Å². The molecule has 0 fully saturated rings. The molecule has 0 aliphatic rings. The van der Waals surface area contributed by atoms with Gasteiger partial charge in [0.25, 0.3) is 0 Å². The Labute approximate surface area is 116 Å². The predicted molar refractivity (Wildman–Crippen MR) is 73.2 cm³/mol. The van der Waals surface area contributed by atoms with Crippen molar-refractivity contribution < 1.29 is 9.13 Å². The van der Waals surface area contributed by atoms with Gasteiger partial charge in [-0.25, -0.2) is 9.37 Å². The highest BCUT2D eigenvalue weighted by atomic mass is 35.5. The number of ether oxygens (including phenoxy) is 1. The molecule has 0 aliphatic carbocycles. The molecule has 0 saturated carbocycles. The Morgan fingerprint density at radius 1 is 1.37 bits per heavy atom. The zero-order valence-electron chi connectivity index (χ0n) is 10.5. The molecule has 0 radical (unpaired) electrons. The Morgan fingerprint density at radius 3 is 2.79 bits per heavy atom. The highest BCUT2D eigenvalue weighted by Crippen LogP contribution is 2.30. The van der Waals surface area contributed by atoms with Crippen molar-refractivity contribution in [2.24, 2.45) is 5.73 Å². The van der Waals surface area contributed by atoms with Crippen LogP contribution < -0.4 is 10.5 Å². The normalized spacial score (nSPS) is 10.5. The minimum atomic E-state index is -0.402.